The van der Waals surface area contributed by atoms with Gasteiger partial charge in [-0.2, -0.15) is 0 Å². The zero-order valence-corrected chi connectivity index (χ0v) is 7.88. The van der Waals surface area contributed by atoms with E-state index in [9.17, 15) is 4.79 Å². The lowest BCUT2D eigenvalue weighted by Crippen LogP contribution is -2.44. The third kappa shape index (κ3) is 0.891. The van der Waals surface area contributed by atoms with Crippen LogP contribution in [0, 0.1) is 0 Å². The summed E-state index contributed by atoms with van der Waals surface area (Å²) in [4.78, 5) is 11.5. The zero-order chi connectivity index (χ0) is 9.05. The second-order valence-electron chi connectivity index (χ2n) is 4.53. The molecule has 0 spiro atoms. The molecule has 4 atom stereocenters. The average molecular weight is 181 g/mol. The third-order valence-corrected chi connectivity index (χ3v) is 3.84. The Bertz CT molecular complexity index is 266. The molecule has 0 radical (unpaired) electrons. The van der Waals surface area contributed by atoms with Crippen molar-refractivity contribution in [2.24, 2.45) is 0 Å². The van der Waals surface area contributed by atoms with Gasteiger partial charge in [-0.1, -0.05) is 0 Å². The maximum Gasteiger partial charge on any atom is 0.167 e. The molecule has 3 saturated heterocycles. The number of fused-ring (bicyclic) bond motifs is 4. The van der Waals surface area contributed by atoms with Crippen LogP contribution in [0.1, 0.15) is 32.6 Å². The number of Topliss-reactive ketones (excluding diaryl/α,β-unsaturated/α-hetero) is 1. The van der Waals surface area contributed by atoms with Gasteiger partial charge in [0.2, 0.25) is 0 Å². The summed E-state index contributed by atoms with van der Waals surface area (Å²) in [5.74, 6) is 0.220. The topological polar surface area (TPSA) is 41.6 Å². The van der Waals surface area contributed by atoms with E-state index in [1.165, 1.54) is 12.8 Å². The number of nitrogens with one attached hydrogen (secondary N) is 1. The fourth-order valence-corrected chi connectivity index (χ4v) is 3.07. The lowest BCUT2D eigenvalue weighted by atomic mass is 9.88. The first-order chi connectivity index (χ1) is 6.23. The number of epoxide rings is 1. The van der Waals surface area contributed by atoms with Gasteiger partial charge in [0.25, 0.3) is 0 Å². The summed E-state index contributed by atoms with van der Waals surface area (Å²) < 4.78 is 5.62. The molecular formula is C10H15NO2. The minimum absolute atomic E-state index is 0.220. The Morgan fingerprint density at radius 3 is 2.92 bits per heavy atom. The van der Waals surface area contributed by atoms with E-state index >= 15 is 0 Å². The summed E-state index contributed by atoms with van der Waals surface area (Å²) in [5.41, 5.74) is -0.411. The molecule has 0 aromatic heterocycles. The molecule has 0 saturated carbocycles. The molecule has 0 aromatic rings. The molecule has 0 aliphatic carbocycles. The quantitative estimate of drug-likeness (QED) is 0.603. The molecular weight excluding hydrogens is 166 g/mol. The third-order valence-electron chi connectivity index (χ3n) is 3.84. The van der Waals surface area contributed by atoms with E-state index in [1.54, 1.807) is 6.92 Å². The predicted octanol–water partition coefficient (Wildman–Crippen LogP) is 0.627. The molecule has 3 aliphatic heterocycles. The fraction of sp³-hybridized carbons (Fsp3) is 0.900. The van der Waals surface area contributed by atoms with Crippen LogP contribution in [0.4, 0.5) is 0 Å². The Morgan fingerprint density at radius 1 is 1.38 bits per heavy atom. The number of carbonyl (C=O) groups excluding carboxylic acids is 1. The maximum atomic E-state index is 11.5. The Hall–Kier alpha value is -0.410. The van der Waals surface area contributed by atoms with Gasteiger partial charge in [-0.05, 0) is 32.6 Å². The van der Waals surface area contributed by atoms with Crippen molar-refractivity contribution in [3.8, 4) is 0 Å². The monoisotopic (exact) mass is 181 g/mol. The van der Waals surface area contributed by atoms with Crippen molar-refractivity contribution in [1.29, 1.82) is 0 Å². The molecule has 0 aromatic carbocycles. The van der Waals surface area contributed by atoms with Gasteiger partial charge in [-0.3, -0.25) is 4.79 Å². The van der Waals surface area contributed by atoms with Crippen molar-refractivity contribution in [2.45, 2.75) is 56.4 Å². The van der Waals surface area contributed by atoms with E-state index in [1.807, 2.05) is 0 Å². The van der Waals surface area contributed by atoms with Crippen molar-refractivity contribution < 1.29 is 9.53 Å². The second-order valence-corrected chi connectivity index (χ2v) is 4.53. The van der Waals surface area contributed by atoms with Crippen LogP contribution < -0.4 is 5.32 Å². The van der Waals surface area contributed by atoms with Crippen LogP contribution in [-0.4, -0.2) is 29.6 Å². The minimum atomic E-state index is -0.411. The molecule has 0 unspecified atom stereocenters. The van der Waals surface area contributed by atoms with Gasteiger partial charge in [-0.25, -0.2) is 0 Å². The molecule has 3 heterocycles. The smallest absolute Gasteiger partial charge is 0.167 e. The predicted molar refractivity (Wildman–Crippen MR) is 47.5 cm³/mol. The molecule has 3 fully saturated rings. The van der Waals surface area contributed by atoms with Crippen molar-refractivity contribution in [3.05, 3.63) is 0 Å². The van der Waals surface area contributed by atoms with E-state index < -0.39 is 5.60 Å². The summed E-state index contributed by atoms with van der Waals surface area (Å²) in [5, 5.41) is 3.52. The van der Waals surface area contributed by atoms with Gasteiger partial charge >= 0.3 is 0 Å². The van der Waals surface area contributed by atoms with Crippen LogP contribution in [0.25, 0.3) is 0 Å². The fourth-order valence-electron chi connectivity index (χ4n) is 3.07. The number of ether oxygens (including phenoxy) is 1. The Kier molecular flexibility index (Phi) is 1.43. The molecule has 3 rings (SSSR count). The maximum absolute atomic E-state index is 11.5. The molecule has 3 heteroatoms. The summed E-state index contributed by atoms with van der Waals surface area (Å²) in [6.45, 7) is 1.67. The molecule has 13 heavy (non-hydrogen) atoms. The van der Waals surface area contributed by atoms with E-state index in [4.69, 9.17) is 4.74 Å². The van der Waals surface area contributed by atoms with Crippen LogP contribution in [0.15, 0.2) is 0 Å². The number of carbonyl (C=O) groups is 1. The van der Waals surface area contributed by atoms with Gasteiger partial charge in [0.05, 0.1) is 6.10 Å². The normalized spacial score (nSPS) is 52.5. The van der Waals surface area contributed by atoms with Crippen LogP contribution >= 0.6 is 0 Å². The molecule has 1 N–H and O–H groups in total. The summed E-state index contributed by atoms with van der Waals surface area (Å²) in [6, 6.07) is 0.958. The molecule has 3 nitrogen and oxygen atoms in total. The minimum Gasteiger partial charge on any atom is -0.356 e. The first-order valence-electron chi connectivity index (χ1n) is 5.18. The highest BCUT2D eigenvalue weighted by atomic mass is 16.6. The number of hydrogen-bond acceptors (Lipinski definition) is 3. The molecule has 72 valence electrons. The highest BCUT2D eigenvalue weighted by molar-refractivity contribution is 5.89. The molecule has 3 aliphatic rings. The number of ketones is 1. The summed E-state index contributed by atoms with van der Waals surface area (Å²) >= 11 is 0. The number of rotatable bonds is 1. The molecule has 0 amide bonds. The lowest BCUT2D eigenvalue weighted by Gasteiger charge is -2.17. The highest BCUT2D eigenvalue weighted by Crippen LogP contribution is 2.49. The van der Waals surface area contributed by atoms with Crippen molar-refractivity contribution >= 4 is 5.78 Å². The van der Waals surface area contributed by atoms with Crippen LogP contribution in [0.5, 0.6) is 0 Å². The van der Waals surface area contributed by atoms with E-state index in [0.29, 0.717) is 12.1 Å². The van der Waals surface area contributed by atoms with Gasteiger partial charge in [0.15, 0.2) is 11.4 Å². The van der Waals surface area contributed by atoms with Crippen molar-refractivity contribution in [2.75, 3.05) is 0 Å². The van der Waals surface area contributed by atoms with E-state index in [-0.39, 0.29) is 11.9 Å². The van der Waals surface area contributed by atoms with E-state index in [2.05, 4.69) is 5.32 Å². The number of hydrogen-bond donors (Lipinski definition) is 1. The van der Waals surface area contributed by atoms with Gasteiger partial charge in [0.1, 0.15) is 0 Å². The Labute approximate surface area is 77.8 Å². The largest absolute Gasteiger partial charge is 0.356 e. The van der Waals surface area contributed by atoms with Crippen molar-refractivity contribution in [3.63, 3.8) is 0 Å². The molecule has 2 bridgehead atoms. The average Bonchev–Trinajstić information content (AvgIpc) is 2.64. The summed E-state index contributed by atoms with van der Waals surface area (Å²) in [6.07, 6.45) is 4.80. The van der Waals surface area contributed by atoms with Crippen LogP contribution in [-0.2, 0) is 9.53 Å². The zero-order valence-electron chi connectivity index (χ0n) is 7.88. The standard InChI is InChI=1S/C10H15NO2/c1-6(12)10-8-4-2-7(11-8)3-5-9(10)13-10/h7-9,11H,2-5H2,1H3/t7-,8+,9+,10-/m0/s1. The van der Waals surface area contributed by atoms with Gasteiger partial charge < -0.3 is 10.1 Å². The van der Waals surface area contributed by atoms with Gasteiger partial charge in [0, 0.05) is 12.1 Å². The van der Waals surface area contributed by atoms with Crippen LogP contribution in [0.3, 0.4) is 0 Å². The van der Waals surface area contributed by atoms with Gasteiger partial charge in [-0.15, -0.1) is 0 Å². The van der Waals surface area contributed by atoms with Crippen LogP contribution in [0.2, 0.25) is 0 Å². The second kappa shape index (κ2) is 2.34. The summed E-state index contributed by atoms with van der Waals surface area (Å²) in [7, 11) is 0. The lowest BCUT2D eigenvalue weighted by molar-refractivity contribution is -0.122. The first kappa shape index (κ1) is 7.94. The SMILES string of the molecule is CC(=O)[C@@]12O[C@@H]1CC[C@@H]1CC[C@H]2N1. The Balaban J connectivity index is 1.93. The highest BCUT2D eigenvalue weighted by Gasteiger charge is 2.66. The Morgan fingerprint density at radius 2 is 2.15 bits per heavy atom. The van der Waals surface area contributed by atoms with E-state index in [0.717, 1.165) is 12.8 Å². The van der Waals surface area contributed by atoms with Crippen molar-refractivity contribution in [1.82, 2.24) is 5.32 Å². The first-order valence-corrected chi connectivity index (χ1v) is 5.18.